The first-order chi connectivity index (χ1) is 10.4. The van der Waals surface area contributed by atoms with Crippen LogP contribution in [0.15, 0.2) is 59.2 Å². The molecule has 3 aromatic rings. The van der Waals surface area contributed by atoms with Gasteiger partial charge in [-0.3, -0.25) is 4.98 Å². The molecule has 0 aliphatic heterocycles. The lowest BCUT2D eigenvalue weighted by atomic mass is 10.2. The molecule has 0 fully saturated rings. The third-order valence-electron chi connectivity index (χ3n) is 2.78. The van der Waals surface area contributed by atoms with E-state index in [1.165, 1.54) is 11.1 Å². The molecule has 0 saturated carbocycles. The molecule has 0 aliphatic rings. The molecule has 4 nitrogen and oxygen atoms in total. The Morgan fingerprint density at radius 3 is 2.67 bits per heavy atom. The summed E-state index contributed by atoms with van der Waals surface area (Å²) in [7, 11) is 0. The Hall–Kier alpha value is -1.92. The van der Waals surface area contributed by atoms with Crippen LogP contribution >= 0.6 is 23.1 Å². The zero-order valence-electron chi connectivity index (χ0n) is 11.3. The van der Waals surface area contributed by atoms with Crippen LogP contribution in [0.3, 0.4) is 0 Å². The standard InChI is InChI=1S/C15H14N4S2/c1-2-5-12(6-3-1)10-17-14-18-19-15(21-14)20-11-13-7-4-8-16-9-13/h1-9H,10-11H2,(H,17,18). The van der Waals surface area contributed by atoms with Crippen LogP contribution in [0.25, 0.3) is 0 Å². The maximum absolute atomic E-state index is 4.19. The molecular weight excluding hydrogens is 300 g/mol. The number of rotatable bonds is 6. The van der Waals surface area contributed by atoms with Gasteiger partial charge in [0.15, 0.2) is 4.34 Å². The summed E-state index contributed by atoms with van der Waals surface area (Å²) in [5.41, 5.74) is 2.42. The number of anilines is 1. The summed E-state index contributed by atoms with van der Waals surface area (Å²) in [6, 6.07) is 14.3. The van der Waals surface area contributed by atoms with Crippen LogP contribution in [0.1, 0.15) is 11.1 Å². The lowest BCUT2D eigenvalue weighted by Gasteiger charge is -2.01. The van der Waals surface area contributed by atoms with Crippen molar-refractivity contribution < 1.29 is 0 Å². The van der Waals surface area contributed by atoms with Gasteiger partial charge in [-0.15, -0.1) is 10.2 Å². The minimum absolute atomic E-state index is 0.767. The first kappa shape index (κ1) is 14.0. The second kappa shape index (κ2) is 7.19. The summed E-state index contributed by atoms with van der Waals surface area (Å²) in [5.74, 6) is 0.862. The topological polar surface area (TPSA) is 50.7 Å². The van der Waals surface area contributed by atoms with Crippen molar-refractivity contribution in [3.8, 4) is 0 Å². The van der Waals surface area contributed by atoms with E-state index in [1.54, 1.807) is 29.3 Å². The Morgan fingerprint density at radius 2 is 1.86 bits per heavy atom. The maximum atomic E-state index is 4.19. The Labute approximate surface area is 131 Å². The van der Waals surface area contributed by atoms with E-state index in [2.05, 4.69) is 38.7 Å². The van der Waals surface area contributed by atoms with Crippen molar-refractivity contribution in [1.82, 2.24) is 15.2 Å². The number of thioether (sulfide) groups is 1. The molecule has 0 radical (unpaired) electrons. The van der Waals surface area contributed by atoms with E-state index < -0.39 is 0 Å². The van der Waals surface area contributed by atoms with Crippen LogP contribution in [0.2, 0.25) is 0 Å². The summed E-state index contributed by atoms with van der Waals surface area (Å²) in [6.07, 6.45) is 3.66. The zero-order chi connectivity index (χ0) is 14.3. The van der Waals surface area contributed by atoms with Gasteiger partial charge in [0.2, 0.25) is 5.13 Å². The van der Waals surface area contributed by atoms with E-state index in [0.717, 1.165) is 21.8 Å². The maximum Gasteiger partial charge on any atom is 0.206 e. The Morgan fingerprint density at radius 1 is 1.00 bits per heavy atom. The smallest absolute Gasteiger partial charge is 0.206 e. The summed E-state index contributed by atoms with van der Waals surface area (Å²) >= 11 is 3.26. The Bertz CT molecular complexity index is 612. The average Bonchev–Trinajstić information content (AvgIpc) is 3.01. The van der Waals surface area contributed by atoms with E-state index in [4.69, 9.17) is 0 Å². The van der Waals surface area contributed by atoms with E-state index in [-0.39, 0.29) is 0 Å². The van der Waals surface area contributed by atoms with Gasteiger partial charge in [0.25, 0.3) is 0 Å². The second-order valence-electron chi connectivity index (χ2n) is 4.36. The minimum atomic E-state index is 0.767. The fourth-order valence-corrected chi connectivity index (χ4v) is 3.42. The molecule has 1 N–H and O–H groups in total. The van der Waals surface area contributed by atoms with Crippen LogP contribution in [0.4, 0.5) is 5.13 Å². The lowest BCUT2D eigenvalue weighted by molar-refractivity contribution is 0.995. The van der Waals surface area contributed by atoms with E-state index in [9.17, 15) is 0 Å². The monoisotopic (exact) mass is 314 g/mol. The third-order valence-corrected chi connectivity index (χ3v) is 4.86. The van der Waals surface area contributed by atoms with Gasteiger partial charge >= 0.3 is 0 Å². The van der Waals surface area contributed by atoms with Gasteiger partial charge in [-0.2, -0.15) is 0 Å². The quantitative estimate of drug-likeness (QED) is 0.701. The zero-order valence-corrected chi connectivity index (χ0v) is 12.9. The molecule has 6 heteroatoms. The average molecular weight is 314 g/mol. The summed E-state index contributed by atoms with van der Waals surface area (Å²) in [6.45, 7) is 0.767. The molecule has 0 saturated heterocycles. The normalized spacial score (nSPS) is 10.5. The Kier molecular flexibility index (Phi) is 4.81. The lowest BCUT2D eigenvalue weighted by Crippen LogP contribution is -1.98. The number of aromatic nitrogens is 3. The van der Waals surface area contributed by atoms with Crippen LogP contribution in [0.5, 0.6) is 0 Å². The summed E-state index contributed by atoms with van der Waals surface area (Å²) in [4.78, 5) is 4.11. The van der Waals surface area contributed by atoms with Gasteiger partial charge in [-0.25, -0.2) is 0 Å². The van der Waals surface area contributed by atoms with Crippen molar-refractivity contribution in [3.63, 3.8) is 0 Å². The molecule has 3 rings (SSSR count). The number of nitrogens with zero attached hydrogens (tertiary/aromatic N) is 3. The highest BCUT2D eigenvalue weighted by atomic mass is 32.2. The van der Waals surface area contributed by atoms with Gasteiger partial charge < -0.3 is 5.32 Å². The largest absolute Gasteiger partial charge is 0.356 e. The van der Waals surface area contributed by atoms with Crippen molar-refractivity contribution >= 4 is 28.2 Å². The molecule has 0 aliphatic carbocycles. The van der Waals surface area contributed by atoms with E-state index in [0.29, 0.717) is 0 Å². The van der Waals surface area contributed by atoms with Crippen molar-refractivity contribution in [1.29, 1.82) is 0 Å². The van der Waals surface area contributed by atoms with Crippen LogP contribution in [0, 0.1) is 0 Å². The molecule has 2 heterocycles. The molecule has 106 valence electrons. The number of pyridine rings is 1. The third kappa shape index (κ3) is 4.27. The molecule has 0 amide bonds. The van der Waals surface area contributed by atoms with Crippen molar-refractivity contribution in [3.05, 3.63) is 66.0 Å². The van der Waals surface area contributed by atoms with Gasteiger partial charge in [0.1, 0.15) is 0 Å². The number of hydrogen-bond acceptors (Lipinski definition) is 6. The molecule has 2 aromatic heterocycles. The van der Waals surface area contributed by atoms with Gasteiger partial charge in [0.05, 0.1) is 0 Å². The van der Waals surface area contributed by atoms with Gasteiger partial charge in [-0.05, 0) is 17.2 Å². The van der Waals surface area contributed by atoms with Crippen molar-refractivity contribution in [2.24, 2.45) is 0 Å². The molecule has 21 heavy (non-hydrogen) atoms. The highest BCUT2D eigenvalue weighted by Crippen LogP contribution is 2.28. The van der Waals surface area contributed by atoms with Crippen molar-refractivity contribution in [2.45, 2.75) is 16.6 Å². The van der Waals surface area contributed by atoms with E-state index >= 15 is 0 Å². The second-order valence-corrected chi connectivity index (χ2v) is 6.56. The van der Waals surface area contributed by atoms with Crippen LogP contribution in [-0.2, 0) is 12.3 Å². The van der Waals surface area contributed by atoms with Gasteiger partial charge in [-0.1, -0.05) is 59.5 Å². The predicted molar refractivity (Wildman–Crippen MR) is 87.5 cm³/mol. The summed E-state index contributed by atoms with van der Waals surface area (Å²) in [5, 5.41) is 12.5. The van der Waals surface area contributed by atoms with Gasteiger partial charge in [0, 0.05) is 24.7 Å². The fourth-order valence-electron chi connectivity index (χ4n) is 1.74. The molecular formula is C15H14N4S2. The predicted octanol–water partition coefficient (Wildman–Crippen LogP) is 3.84. The molecule has 1 aromatic carbocycles. The van der Waals surface area contributed by atoms with Crippen LogP contribution in [-0.4, -0.2) is 15.2 Å². The Balaban J connectivity index is 1.52. The number of hydrogen-bond donors (Lipinski definition) is 1. The van der Waals surface area contributed by atoms with E-state index in [1.807, 2.05) is 30.5 Å². The molecule has 0 unspecified atom stereocenters. The SMILES string of the molecule is c1ccc(CNc2nnc(SCc3cccnc3)s2)cc1. The fraction of sp³-hybridized carbons (Fsp3) is 0.133. The highest BCUT2D eigenvalue weighted by Gasteiger charge is 2.05. The number of benzene rings is 1. The highest BCUT2D eigenvalue weighted by molar-refractivity contribution is 8.00. The molecule has 0 spiro atoms. The summed E-state index contributed by atoms with van der Waals surface area (Å²) < 4.78 is 0.967. The minimum Gasteiger partial charge on any atom is -0.356 e. The number of nitrogens with one attached hydrogen (secondary N) is 1. The first-order valence-electron chi connectivity index (χ1n) is 6.53. The molecule has 0 atom stereocenters. The first-order valence-corrected chi connectivity index (χ1v) is 8.33. The molecule has 0 bridgehead atoms. The van der Waals surface area contributed by atoms with Crippen LogP contribution < -0.4 is 5.32 Å². The van der Waals surface area contributed by atoms with Crippen molar-refractivity contribution in [2.75, 3.05) is 5.32 Å².